The van der Waals surface area contributed by atoms with Crippen LogP contribution in [0.3, 0.4) is 0 Å². The van der Waals surface area contributed by atoms with Gasteiger partial charge in [-0.1, -0.05) is 12.1 Å². The summed E-state index contributed by atoms with van der Waals surface area (Å²) in [5.41, 5.74) is 2.33. The van der Waals surface area contributed by atoms with Crippen molar-refractivity contribution >= 4 is 17.2 Å². The number of hydrogen-bond acceptors (Lipinski definition) is 4. The molecule has 0 spiro atoms. The van der Waals surface area contributed by atoms with Crippen molar-refractivity contribution in [3.05, 3.63) is 51.7 Å². The fraction of sp³-hybridized carbons (Fsp3) is 0.421. The number of hydrogen-bond donors (Lipinski definition) is 2. The van der Waals surface area contributed by atoms with E-state index in [1.165, 1.54) is 5.56 Å². The first-order valence-electron chi connectivity index (χ1n) is 8.44. The van der Waals surface area contributed by atoms with E-state index in [0.717, 1.165) is 42.1 Å². The van der Waals surface area contributed by atoms with Crippen LogP contribution in [0, 0.1) is 5.92 Å². The highest BCUT2D eigenvalue weighted by molar-refractivity contribution is 7.10. The molecular weight excluding hydrogens is 322 g/mol. The van der Waals surface area contributed by atoms with Crippen molar-refractivity contribution in [2.75, 3.05) is 6.61 Å². The van der Waals surface area contributed by atoms with Gasteiger partial charge in [0.1, 0.15) is 5.75 Å². The summed E-state index contributed by atoms with van der Waals surface area (Å²) in [7, 11) is 0. The van der Waals surface area contributed by atoms with Gasteiger partial charge in [-0.2, -0.15) is 0 Å². The highest BCUT2D eigenvalue weighted by Gasteiger charge is 2.36. The topological polar surface area (TPSA) is 58.6 Å². The van der Waals surface area contributed by atoms with Crippen LogP contribution >= 0.6 is 11.3 Å². The van der Waals surface area contributed by atoms with Crippen LogP contribution in [-0.2, 0) is 17.6 Å². The Balaban J connectivity index is 1.52. The monoisotopic (exact) mass is 343 g/mol. The summed E-state index contributed by atoms with van der Waals surface area (Å²) in [5.74, 6) is 1.30. The van der Waals surface area contributed by atoms with Gasteiger partial charge in [-0.15, -0.1) is 11.3 Å². The number of aliphatic hydroxyl groups excluding tert-OH is 1. The number of aliphatic hydroxyl groups is 1. The summed E-state index contributed by atoms with van der Waals surface area (Å²) < 4.78 is 5.58. The van der Waals surface area contributed by atoms with Gasteiger partial charge in [0.2, 0.25) is 5.91 Å². The van der Waals surface area contributed by atoms with E-state index in [9.17, 15) is 9.90 Å². The van der Waals surface area contributed by atoms with Crippen LogP contribution in [0.15, 0.2) is 35.7 Å². The van der Waals surface area contributed by atoms with Gasteiger partial charge in [-0.3, -0.25) is 4.79 Å². The molecular formula is C19H21NO3S. The lowest BCUT2D eigenvalue weighted by Gasteiger charge is -2.38. The zero-order valence-corrected chi connectivity index (χ0v) is 14.2. The zero-order valence-electron chi connectivity index (χ0n) is 13.4. The third-order valence-corrected chi connectivity index (χ3v) is 5.80. The van der Waals surface area contributed by atoms with E-state index >= 15 is 0 Å². The second kappa shape index (κ2) is 6.57. The zero-order chi connectivity index (χ0) is 16.5. The highest BCUT2D eigenvalue weighted by Crippen LogP contribution is 2.39. The van der Waals surface area contributed by atoms with Crippen LogP contribution in [0.1, 0.15) is 34.9 Å². The number of nitrogens with one attached hydrogen (secondary N) is 1. The molecule has 1 fully saturated rings. The third-order valence-electron chi connectivity index (χ3n) is 4.93. The van der Waals surface area contributed by atoms with Gasteiger partial charge in [0.15, 0.2) is 0 Å². The summed E-state index contributed by atoms with van der Waals surface area (Å²) in [6.45, 7) is 0.732. The summed E-state index contributed by atoms with van der Waals surface area (Å²) in [5, 5.41) is 14.9. The smallest absolute Gasteiger partial charge is 0.225 e. The molecule has 0 bridgehead atoms. The molecule has 0 saturated heterocycles. The van der Waals surface area contributed by atoms with Crippen molar-refractivity contribution < 1.29 is 14.6 Å². The first-order valence-corrected chi connectivity index (χ1v) is 9.32. The lowest BCUT2D eigenvalue weighted by Crippen LogP contribution is -2.41. The molecule has 0 radical (unpaired) electrons. The predicted octanol–water partition coefficient (Wildman–Crippen LogP) is 2.85. The van der Waals surface area contributed by atoms with Crippen LogP contribution < -0.4 is 10.1 Å². The minimum absolute atomic E-state index is 0.0354. The predicted molar refractivity (Wildman–Crippen MR) is 93.3 cm³/mol. The molecule has 1 aromatic carbocycles. The number of carbonyl (C=O) groups excluding carboxylic acids is 1. The Morgan fingerprint density at radius 1 is 1.38 bits per heavy atom. The van der Waals surface area contributed by atoms with Crippen molar-refractivity contribution in [3.63, 3.8) is 0 Å². The van der Waals surface area contributed by atoms with Gasteiger partial charge in [0, 0.05) is 11.3 Å². The minimum Gasteiger partial charge on any atom is -0.493 e. The lowest BCUT2D eigenvalue weighted by molar-refractivity contribution is -0.122. The second-order valence-electron chi connectivity index (χ2n) is 6.65. The molecule has 2 aromatic rings. The van der Waals surface area contributed by atoms with Gasteiger partial charge in [0.05, 0.1) is 25.2 Å². The number of thiophene rings is 1. The van der Waals surface area contributed by atoms with Crippen molar-refractivity contribution in [2.24, 2.45) is 5.92 Å². The molecule has 24 heavy (non-hydrogen) atoms. The quantitative estimate of drug-likeness (QED) is 0.878. The molecule has 1 amide bonds. The summed E-state index contributed by atoms with van der Waals surface area (Å²) in [6.07, 6.45) is 2.60. The number of carbonyl (C=O) groups is 1. The van der Waals surface area contributed by atoms with Crippen LogP contribution in [0.4, 0.5) is 0 Å². The van der Waals surface area contributed by atoms with Gasteiger partial charge >= 0.3 is 0 Å². The number of benzene rings is 1. The first-order chi connectivity index (χ1) is 11.7. The highest BCUT2D eigenvalue weighted by atomic mass is 32.1. The molecule has 4 rings (SSSR count). The molecule has 1 saturated carbocycles. The van der Waals surface area contributed by atoms with E-state index in [0.29, 0.717) is 12.3 Å². The van der Waals surface area contributed by atoms with Crippen LogP contribution in [0.5, 0.6) is 5.75 Å². The third kappa shape index (κ3) is 3.19. The van der Waals surface area contributed by atoms with Crippen molar-refractivity contribution in [1.29, 1.82) is 0 Å². The molecule has 5 heteroatoms. The average Bonchev–Trinajstić information content (AvgIpc) is 3.20. The van der Waals surface area contributed by atoms with E-state index in [-0.39, 0.29) is 18.1 Å². The molecule has 2 aliphatic rings. The molecule has 1 aliphatic heterocycles. The Labute approximate surface area is 145 Å². The minimum atomic E-state index is -0.232. The Hall–Kier alpha value is -1.85. The molecule has 1 atom stereocenters. The number of rotatable bonds is 5. The maximum atomic E-state index is 12.5. The number of ether oxygens (including phenoxy) is 1. The van der Waals surface area contributed by atoms with E-state index in [1.54, 1.807) is 11.3 Å². The Morgan fingerprint density at radius 2 is 2.25 bits per heavy atom. The van der Waals surface area contributed by atoms with Gasteiger partial charge in [-0.05, 0) is 53.5 Å². The van der Waals surface area contributed by atoms with Crippen molar-refractivity contribution in [3.8, 4) is 5.75 Å². The van der Waals surface area contributed by atoms with Gasteiger partial charge in [-0.25, -0.2) is 0 Å². The second-order valence-corrected chi connectivity index (χ2v) is 7.68. The largest absolute Gasteiger partial charge is 0.493 e. The van der Waals surface area contributed by atoms with E-state index in [2.05, 4.69) is 11.4 Å². The Kier molecular flexibility index (Phi) is 4.29. The van der Waals surface area contributed by atoms with Crippen LogP contribution in [-0.4, -0.2) is 23.7 Å². The normalized spacial score (nSPS) is 23.0. The molecule has 2 heterocycles. The maximum absolute atomic E-state index is 12.5. The summed E-state index contributed by atoms with van der Waals surface area (Å²) in [6, 6.07) is 10.1. The summed E-state index contributed by atoms with van der Waals surface area (Å²) >= 11 is 1.60. The lowest BCUT2D eigenvalue weighted by atomic mass is 9.74. The molecule has 1 aromatic heterocycles. The average molecular weight is 343 g/mol. The van der Waals surface area contributed by atoms with Gasteiger partial charge in [0.25, 0.3) is 0 Å². The Morgan fingerprint density at radius 3 is 3.00 bits per heavy atom. The molecule has 2 N–H and O–H groups in total. The van der Waals surface area contributed by atoms with Crippen LogP contribution in [0.25, 0.3) is 0 Å². The fourth-order valence-corrected chi connectivity index (χ4v) is 4.27. The first kappa shape index (κ1) is 15.7. The molecule has 4 nitrogen and oxygen atoms in total. The number of amides is 1. The van der Waals surface area contributed by atoms with E-state index in [4.69, 9.17) is 4.74 Å². The molecule has 1 unspecified atom stereocenters. The van der Waals surface area contributed by atoms with Gasteiger partial charge < -0.3 is 15.2 Å². The SMILES string of the molecule is O=C(Cc1cccs1)NC(c1ccc2c(c1)CCO2)C1CC(O)C1. The summed E-state index contributed by atoms with van der Waals surface area (Å²) in [4.78, 5) is 13.5. The maximum Gasteiger partial charge on any atom is 0.225 e. The van der Waals surface area contributed by atoms with E-state index in [1.807, 2.05) is 29.6 Å². The molecule has 1 aliphatic carbocycles. The van der Waals surface area contributed by atoms with Crippen molar-refractivity contribution in [1.82, 2.24) is 5.32 Å². The molecule has 126 valence electrons. The van der Waals surface area contributed by atoms with Crippen molar-refractivity contribution in [2.45, 2.75) is 37.8 Å². The number of fused-ring (bicyclic) bond motifs is 1. The standard InChI is InChI=1S/C19H21NO3S/c21-15-9-14(10-15)19(20-18(22)11-16-2-1-7-24-16)13-3-4-17-12(8-13)5-6-23-17/h1-4,7-8,14-15,19,21H,5-6,9-11H2,(H,20,22). The van der Waals surface area contributed by atoms with Crippen LogP contribution in [0.2, 0.25) is 0 Å². The Bertz CT molecular complexity index is 722. The van der Waals surface area contributed by atoms with E-state index < -0.39 is 0 Å². The fourth-order valence-electron chi connectivity index (χ4n) is 3.57.